The summed E-state index contributed by atoms with van der Waals surface area (Å²) in [5.74, 6) is -0.628. The van der Waals surface area contributed by atoms with Gasteiger partial charge in [-0.3, -0.25) is 9.59 Å². The first kappa shape index (κ1) is 70.7. The summed E-state index contributed by atoms with van der Waals surface area (Å²) in [5, 5.41) is 0. The molecule has 0 radical (unpaired) electrons. The van der Waals surface area contributed by atoms with E-state index in [0.29, 0.717) is 98.9 Å². The lowest BCUT2D eigenvalue weighted by Crippen LogP contribution is -2.43. The molecule has 16 heteroatoms. The molecule has 0 aliphatic rings. The lowest BCUT2D eigenvalue weighted by Gasteiger charge is -2.32. The summed E-state index contributed by atoms with van der Waals surface area (Å²) in [5.41, 5.74) is 0. The van der Waals surface area contributed by atoms with Crippen molar-refractivity contribution >= 4 is 20.5 Å². The molecule has 0 unspecified atom stereocenters. The first-order valence-electron chi connectivity index (χ1n) is 29.1. The number of hydrogen-bond donors (Lipinski definition) is 0. The molecule has 0 rings (SSSR count). The van der Waals surface area contributed by atoms with Crippen LogP contribution < -0.4 is 0 Å². The molecular weight excluding hydrogens is 939 g/mol. The van der Waals surface area contributed by atoms with E-state index in [-0.39, 0.29) is 63.4 Å². The molecule has 0 spiro atoms. The molecule has 430 valence electrons. The Morgan fingerprint density at radius 3 is 0.903 bits per heavy atom. The monoisotopic (exact) mass is 1050 g/mol. The molecule has 0 atom stereocenters. The second-order valence-electron chi connectivity index (χ2n) is 19.6. The highest BCUT2D eigenvalue weighted by Crippen LogP contribution is 2.21. The van der Waals surface area contributed by atoms with Crippen LogP contribution in [0.5, 0.6) is 0 Å². The Labute approximate surface area is 442 Å². The molecule has 0 N–H and O–H groups in total. The zero-order chi connectivity index (χ0) is 52.7. The van der Waals surface area contributed by atoms with Crippen molar-refractivity contribution in [3.63, 3.8) is 0 Å². The smallest absolute Gasteiger partial charge is 0.335 e. The van der Waals surface area contributed by atoms with E-state index in [0.717, 1.165) is 38.5 Å². The number of unbranched alkanes of at least 4 members (excludes halogenated alkanes) is 18. The third kappa shape index (κ3) is 55.0. The minimum Gasteiger partial charge on any atom is -0.463 e. The van der Waals surface area contributed by atoms with Gasteiger partial charge in [-0.15, -0.1) is 0 Å². The van der Waals surface area contributed by atoms with Crippen molar-refractivity contribution in [1.29, 1.82) is 0 Å². The normalized spacial score (nSPS) is 12.0. The maximum Gasteiger partial charge on any atom is 0.335 e. The van der Waals surface area contributed by atoms with Crippen LogP contribution in [0.15, 0.2) is 0 Å². The summed E-state index contributed by atoms with van der Waals surface area (Å²) >= 11 is 0. The fourth-order valence-corrected chi connectivity index (χ4v) is 11.2. The molecule has 0 saturated carbocycles. The fraction of sp³-hybridized carbons (Fsp3) is 0.964. The van der Waals surface area contributed by atoms with Gasteiger partial charge in [-0.1, -0.05) is 129 Å². The topological polar surface area (TPSA) is 148 Å². The molecule has 0 aromatic carbocycles. The highest BCUT2D eigenvalue weighted by atomic mass is 28.4. The number of carbonyl (C=O) groups excluding carboxylic acids is 2. The van der Waals surface area contributed by atoms with E-state index in [1.54, 1.807) is 0 Å². The highest BCUT2D eigenvalue weighted by Gasteiger charge is 2.33. The van der Waals surface area contributed by atoms with Gasteiger partial charge in [-0.05, 0) is 66.1 Å². The first-order chi connectivity index (χ1) is 35.1. The van der Waals surface area contributed by atoms with Crippen molar-refractivity contribution in [2.45, 2.75) is 214 Å². The summed E-state index contributed by atoms with van der Waals surface area (Å²) in [6.07, 6.45) is 27.7. The molecular formula is C56H113NO14Si. The Morgan fingerprint density at radius 2 is 0.611 bits per heavy atom. The van der Waals surface area contributed by atoms with E-state index in [4.69, 9.17) is 56.2 Å². The predicted octanol–water partition coefficient (Wildman–Crippen LogP) is 11.4. The van der Waals surface area contributed by atoms with Crippen LogP contribution in [0.4, 0.5) is 0 Å². The lowest BCUT2D eigenvalue weighted by molar-refractivity contribution is -0.145. The third-order valence-corrected chi connectivity index (χ3v) is 15.0. The van der Waals surface area contributed by atoms with Crippen LogP contribution in [-0.2, 0) is 65.8 Å². The molecule has 72 heavy (non-hydrogen) atoms. The van der Waals surface area contributed by atoms with Crippen molar-refractivity contribution in [2.24, 2.45) is 0 Å². The molecule has 0 heterocycles. The minimum atomic E-state index is -2.42. The number of ether oxygens (including phenoxy) is 10. The van der Waals surface area contributed by atoms with Gasteiger partial charge in [-0.2, -0.15) is 0 Å². The summed E-state index contributed by atoms with van der Waals surface area (Å²) < 4.78 is 68.4. The van der Waals surface area contributed by atoms with Crippen molar-refractivity contribution in [1.82, 2.24) is 4.90 Å². The Bertz CT molecular complexity index is 1050. The van der Waals surface area contributed by atoms with Crippen LogP contribution in [0, 0.1) is 0 Å². The second-order valence-corrected chi connectivity index (χ2v) is 22.9. The third-order valence-electron chi connectivity index (χ3n) is 11.8. The molecule has 0 aromatic heterocycles. The van der Waals surface area contributed by atoms with E-state index < -0.39 is 8.56 Å². The van der Waals surface area contributed by atoms with E-state index >= 15 is 0 Å². The SMILES string of the molecule is CCCCCCCCCCCCOCCOCCOCCOCCOC(=O)CCN(CCC[Si](C)(OC(C)C)OC(C)C)CCC(=O)OCCOCCOCCOCCOCCCCCCCCCCCC. The standard InChI is InChI=1S/C56H113NO14Si/c1-8-10-12-14-16-18-20-22-24-26-34-60-36-38-62-40-42-64-44-46-66-48-50-68-55(58)29-32-57(31-28-52-72(7,70-53(3)4)71-54(5)6)33-30-56(59)69-51-49-67-47-45-65-43-41-63-39-37-61-35-27-25-23-21-19-17-15-13-11-9-2/h53-54H,8-52H2,1-7H3. The molecule has 0 fully saturated rings. The number of hydrogen-bond acceptors (Lipinski definition) is 15. The zero-order valence-electron chi connectivity index (χ0n) is 47.6. The van der Waals surface area contributed by atoms with E-state index in [1.165, 1.54) is 116 Å². The largest absolute Gasteiger partial charge is 0.463 e. The number of rotatable bonds is 60. The van der Waals surface area contributed by atoms with Gasteiger partial charge in [0.05, 0.1) is 105 Å². The van der Waals surface area contributed by atoms with Crippen LogP contribution >= 0.6 is 0 Å². The Morgan fingerprint density at radius 1 is 0.347 bits per heavy atom. The van der Waals surface area contributed by atoms with Crippen molar-refractivity contribution in [3.8, 4) is 0 Å². The van der Waals surface area contributed by atoms with Crippen molar-refractivity contribution < 1.29 is 65.8 Å². The predicted molar refractivity (Wildman–Crippen MR) is 291 cm³/mol. The van der Waals surface area contributed by atoms with Crippen LogP contribution in [0.25, 0.3) is 0 Å². The van der Waals surface area contributed by atoms with Crippen LogP contribution in [0.1, 0.15) is 189 Å². The molecule has 0 aliphatic heterocycles. The van der Waals surface area contributed by atoms with Crippen LogP contribution in [0.3, 0.4) is 0 Å². The average Bonchev–Trinajstić information content (AvgIpc) is 3.34. The van der Waals surface area contributed by atoms with Crippen molar-refractivity contribution in [3.05, 3.63) is 0 Å². The Kier molecular flexibility index (Phi) is 54.9. The summed E-state index contributed by atoms with van der Waals surface area (Å²) in [6, 6.07) is 0.792. The maximum absolute atomic E-state index is 12.7. The van der Waals surface area contributed by atoms with E-state index in [9.17, 15) is 9.59 Å². The van der Waals surface area contributed by atoms with Gasteiger partial charge in [0, 0.05) is 38.5 Å². The molecule has 0 aromatic rings. The van der Waals surface area contributed by atoms with Gasteiger partial charge in [0.25, 0.3) is 0 Å². The lowest BCUT2D eigenvalue weighted by atomic mass is 10.1. The molecule has 0 saturated heterocycles. The van der Waals surface area contributed by atoms with Gasteiger partial charge in [0.1, 0.15) is 13.2 Å². The Balaban J connectivity index is 4.13. The van der Waals surface area contributed by atoms with Crippen LogP contribution in [0.2, 0.25) is 12.6 Å². The van der Waals surface area contributed by atoms with Gasteiger partial charge < -0.3 is 61.1 Å². The number of nitrogens with zero attached hydrogens (tertiary/aromatic N) is 1. The molecule has 0 amide bonds. The summed E-state index contributed by atoms with van der Waals surface area (Å²) in [7, 11) is -2.42. The van der Waals surface area contributed by atoms with Crippen LogP contribution in [-0.4, -0.2) is 176 Å². The fourth-order valence-electron chi connectivity index (χ4n) is 8.08. The minimum absolute atomic E-state index is 0.0622. The quantitative estimate of drug-likeness (QED) is 0.0323. The van der Waals surface area contributed by atoms with E-state index in [2.05, 4.69) is 25.3 Å². The Hall–Kier alpha value is -1.28. The van der Waals surface area contributed by atoms with E-state index in [1.807, 2.05) is 27.7 Å². The average molecular weight is 1050 g/mol. The summed E-state index contributed by atoms with van der Waals surface area (Å²) in [6.45, 7) is 24.8. The molecule has 15 nitrogen and oxygen atoms in total. The van der Waals surface area contributed by atoms with Gasteiger partial charge in [0.15, 0.2) is 0 Å². The summed E-state index contributed by atoms with van der Waals surface area (Å²) in [4.78, 5) is 27.5. The first-order valence-corrected chi connectivity index (χ1v) is 31.6. The maximum atomic E-state index is 12.7. The molecule has 0 bridgehead atoms. The number of esters is 2. The number of carbonyl (C=O) groups is 2. The van der Waals surface area contributed by atoms with Gasteiger partial charge in [0.2, 0.25) is 0 Å². The van der Waals surface area contributed by atoms with Crippen molar-refractivity contribution in [2.75, 3.05) is 139 Å². The van der Waals surface area contributed by atoms with Gasteiger partial charge in [-0.25, -0.2) is 0 Å². The molecule has 0 aliphatic carbocycles. The zero-order valence-corrected chi connectivity index (χ0v) is 48.6. The highest BCUT2D eigenvalue weighted by molar-refractivity contribution is 6.66. The second kappa shape index (κ2) is 55.9. The van der Waals surface area contributed by atoms with Gasteiger partial charge >= 0.3 is 20.5 Å².